The lowest BCUT2D eigenvalue weighted by molar-refractivity contribution is -0.163. The molecule has 2 saturated heterocycles. The van der Waals surface area contributed by atoms with Crippen molar-refractivity contribution in [3.05, 3.63) is 24.2 Å². The van der Waals surface area contributed by atoms with Crippen LogP contribution in [0.25, 0.3) is 0 Å². The summed E-state index contributed by atoms with van der Waals surface area (Å²) < 4.78 is 66.9. The molecule has 158 valence electrons. The molecule has 28 heavy (non-hydrogen) atoms. The molecular formula is C17H24F3N3O4S. The number of piperazine rings is 1. The van der Waals surface area contributed by atoms with Crippen LogP contribution in [0.2, 0.25) is 0 Å². The zero-order valence-corrected chi connectivity index (χ0v) is 16.2. The molecule has 0 spiro atoms. The van der Waals surface area contributed by atoms with Crippen LogP contribution in [0.15, 0.2) is 22.8 Å². The first-order chi connectivity index (χ1) is 13.1. The summed E-state index contributed by atoms with van der Waals surface area (Å²) in [5.41, 5.74) is 0. The van der Waals surface area contributed by atoms with E-state index in [-0.39, 0.29) is 30.6 Å². The van der Waals surface area contributed by atoms with Gasteiger partial charge < -0.3 is 9.32 Å². The Hall–Kier alpha value is -1.59. The monoisotopic (exact) mass is 423 g/mol. The molecule has 1 atom stereocenters. The van der Waals surface area contributed by atoms with Crippen LogP contribution in [0.3, 0.4) is 0 Å². The predicted molar refractivity (Wildman–Crippen MR) is 95.3 cm³/mol. The Morgan fingerprint density at radius 2 is 1.96 bits per heavy atom. The number of amides is 1. The normalized spacial score (nSPS) is 23.8. The lowest BCUT2D eigenvalue weighted by atomic mass is 10.2. The summed E-state index contributed by atoms with van der Waals surface area (Å²) in [5.74, 6) is 0.0553. The second-order valence-electron chi connectivity index (χ2n) is 7.31. The fraction of sp³-hybridized carbons (Fsp3) is 0.706. The largest absolute Gasteiger partial charge is 0.467 e. The minimum absolute atomic E-state index is 0.00327. The van der Waals surface area contributed by atoms with Gasteiger partial charge in [0.1, 0.15) is 12.3 Å². The molecule has 11 heteroatoms. The molecule has 1 unspecified atom stereocenters. The number of carbonyl (C=O) groups is 1. The molecule has 0 aliphatic carbocycles. The van der Waals surface area contributed by atoms with E-state index in [1.807, 2.05) is 4.90 Å². The molecule has 1 aromatic heterocycles. The van der Waals surface area contributed by atoms with Gasteiger partial charge in [-0.1, -0.05) is 0 Å². The van der Waals surface area contributed by atoms with Crippen LogP contribution in [0.4, 0.5) is 13.2 Å². The number of hydrogen-bond donors (Lipinski definition) is 0. The van der Waals surface area contributed by atoms with Crippen LogP contribution in [0.5, 0.6) is 0 Å². The highest BCUT2D eigenvalue weighted by Crippen LogP contribution is 2.21. The molecule has 0 bridgehead atoms. The van der Waals surface area contributed by atoms with E-state index in [0.29, 0.717) is 38.4 Å². The van der Waals surface area contributed by atoms with Gasteiger partial charge in [0.25, 0.3) is 0 Å². The van der Waals surface area contributed by atoms with E-state index in [1.54, 1.807) is 6.07 Å². The zero-order valence-electron chi connectivity index (χ0n) is 15.4. The van der Waals surface area contributed by atoms with Crippen molar-refractivity contribution < 1.29 is 30.8 Å². The SMILES string of the molecule is O=C(CN1CCN(C2CCS(=O)(=O)C2)CC1)N(Cc1ccco1)CC(F)(F)F. The summed E-state index contributed by atoms with van der Waals surface area (Å²) in [4.78, 5) is 17.2. The van der Waals surface area contributed by atoms with E-state index in [2.05, 4.69) is 4.90 Å². The lowest BCUT2D eigenvalue weighted by Crippen LogP contribution is -2.53. The lowest BCUT2D eigenvalue weighted by Gasteiger charge is -2.38. The van der Waals surface area contributed by atoms with Crippen molar-refractivity contribution in [2.45, 2.75) is 25.2 Å². The van der Waals surface area contributed by atoms with Crippen molar-refractivity contribution in [3.8, 4) is 0 Å². The van der Waals surface area contributed by atoms with Crippen LogP contribution in [0.1, 0.15) is 12.2 Å². The summed E-state index contributed by atoms with van der Waals surface area (Å²) >= 11 is 0. The highest BCUT2D eigenvalue weighted by Gasteiger charge is 2.36. The minimum atomic E-state index is -4.49. The Morgan fingerprint density at radius 1 is 1.25 bits per heavy atom. The van der Waals surface area contributed by atoms with Gasteiger partial charge in [-0.3, -0.25) is 14.6 Å². The molecule has 2 aliphatic heterocycles. The Balaban J connectivity index is 1.52. The Labute approximate surface area is 162 Å². The second-order valence-corrected chi connectivity index (χ2v) is 9.54. The number of alkyl halides is 3. The van der Waals surface area contributed by atoms with E-state index in [9.17, 15) is 26.4 Å². The number of furan rings is 1. The molecule has 3 heterocycles. The molecule has 7 nitrogen and oxygen atoms in total. The quantitative estimate of drug-likeness (QED) is 0.679. The van der Waals surface area contributed by atoms with Gasteiger partial charge in [-0.2, -0.15) is 13.2 Å². The second kappa shape index (κ2) is 8.42. The third-order valence-corrected chi connectivity index (χ3v) is 6.89. The van der Waals surface area contributed by atoms with Crippen molar-refractivity contribution >= 4 is 15.7 Å². The number of halogens is 3. The summed E-state index contributed by atoms with van der Waals surface area (Å²) in [6.45, 7) is 0.576. The first kappa shape index (κ1) is 21.1. The number of nitrogens with zero attached hydrogens (tertiary/aromatic N) is 3. The van der Waals surface area contributed by atoms with Gasteiger partial charge in [-0.25, -0.2) is 8.42 Å². The summed E-state index contributed by atoms with van der Waals surface area (Å²) in [5, 5.41) is 0. The highest BCUT2D eigenvalue weighted by molar-refractivity contribution is 7.91. The Morgan fingerprint density at radius 3 is 2.50 bits per heavy atom. The molecule has 1 aromatic rings. The highest BCUT2D eigenvalue weighted by atomic mass is 32.2. The number of sulfone groups is 1. The molecule has 2 fully saturated rings. The third-order valence-electron chi connectivity index (χ3n) is 5.14. The number of hydrogen-bond acceptors (Lipinski definition) is 6. The smallest absolute Gasteiger partial charge is 0.406 e. The van der Waals surface area contributed by atoms with E-state index in [4.69, 9.17) is 4.42 Å². The Kier molecular flexibility index (Phi) is 6.35. The minimum Gasteiger partial charge on any atom is -0.467 e. The van der Waals surface area contributed by atoms with Crippen molar-refractivity contribution in [3.63, 3.8) is 0 Å². The van der Waals surface area contributed by atoms with Crippen LogP contribution < -0.4 is 0 Å². The van der Waals surface area contributed by atoms with E-state index < -0.39 is 28.5 Å². The van der Waals surface area contributed by atoms with Crippen LogP contribution >= 0.6 is 0 Å². The maximum absolute atomic E-state index is 12.9. The zero-order chi connectivity index (χ0) is 20.4. The molecule has 1 amide bonds. The van der Waals surface area contributed by atoms with Crippen molar-refractivity contribution in [2.24, 2.45) is 0 Å². The molecular weight excluding hydrogens is 399 g/mol. The van der Waals surface area contributed by atoms with Crippen molar-refractivity contribution in [1.82, 2.24) is 14.7 Å². The number of carbonyl (C=O) groups excluding carboxylic acids is 1. The predicted octanol–water partition coefficient (Wildman–Crippen LogP) is 0.975. The van der Waals surface area contributed by atoms with Gasteiger partial charge in [0, 0.05) is 32.2 Å². The molecule has 2 aliphatic rings. The van der Waals surface area contributed by atoms with E-state index >= 15 is 0 Å². The summed E-state index contributed by atoms with van der Waals surface area (Å²) in [6.07, 6.45) is -2.52. The Bertz CT molecular complexity index is 759. The van der Waals surface area contributed by atoms with Gasteiger partial charge >= 0.3 is 6.18 Å². The van der Waals surface area contributed by atoms with Gasteiger partial charge in [-0.05, 0) is 18.6 Å². The molecule has 0 radical (unpaired) electrons. The first-order valence-electron chi connectivity index (χ1n) is 9.15. The standard InChI is InChI=1S/C17H24F3N3O4S/c18-17(19,20)13-23(10-15-2-1-8-27-15)16(24)11-21-4-6-22(7-5-21)14-3-9-28(25,26)12-14/h1-2,8,14H,3-7,9-13H2. The third kappa shape index (κ3) is 5.95. The topological polar surface area (TPSA) is 74.1 Å². The van der Waals surface area contributed by atoms with Gasteiger partial charge in [0.05, 0.1) is 30.9 Å². The molecule has 0 saturated carbocycles. The van der Waals surface area contributed by atoms with Gasteiger partial charge in [0.2, 0.25) is 5.91 Å². The molecule has 0 N–H and O–H groups in total. The summed E-state index contributed by atoms with van der Waals surface area (Å²) in [7, 11) is -2.96. The van der Waals surface area contributed by atoms with Crippen LogP contribution in [-0.4, -0.2) is 92.0 Å². The average molecular weight is 423 g/mol. The van der Waals surface area contributed by atoms with Crippen LogP contribution in [-0.2, 0) is 21.2 Å². The summed E-state index contributed by atoms with van der Waals surface area (Å²) in [6, 6.07) is 3.10. The van der Waals surface area contributed by atoms with E-state index in [1.165, 1.54) is 12.3 Å². The van der Waals surface area contributed by atoms with E-state index in [0.717, 1.165) is 4.90 Å². The van der Waals surface area contributed by atoms with Crippen LogP contribution in [0, 0.1) is 0 Å². The average Bonchev–Trinajstić information content (AvgIpc) is 3.23. The van der Waals surface area contributed by atoms with Gasteiger partial charge in [-0.15, -0.1) is 0 Å². The number of rotatable bonds is 6. The van der Waals surface area contributed by atoms with Crippen molar-refractivity contribution in [1.29, 1.82) is 0 Å². The van der Waals surface area contributed by atoms with Gasteiger partial charge in [0.15, 0.2) is 9.84 Å². The maximum atomic E-state index is 12.9. The molecule has 3 rings (SSSR count). The maximum Gasteiger partial charge on any atom is 0.406 e. The fourth-order valence-corrected chi connectivity index (χ4v) is 5.44. The first-order valence-corrected chi connectivity index (χ1v) is 11.0. The van der Waals surface area contributed by atoms with Crippen molar-refractivity contribution in [2.75, 3.05) is 50.8 Å². The molecule has 0 aromatic carbocycles. The fourth-order valence-electron chi connectivity index (χ4n) is 3.68.